The molecule has 0 amide bonds. The lowest BCUT2D eigenvalue weighted by molar-refractivity contribution is -0.268. The van der Waals surface area contributed by atoms with E-state index >= 15 is 0 Å². The Bertz CT molecular complexity index is 955. The summed E-state index contributed by atoms with van der Waals surface area (Å²) in [5.41, 5.74) is 9.48. The summed E-state index contributed by atoms with van der Waals surface area (Å²) in [5, 5.41) is 10.1. The van der Waals surface area contributed by atoms with Gasteiger partial charge in [-0.15, -0.1) is 0 Å². The van der Waals surface area contributed by atoms with Crippen LogP contribution in [0.4, 0.5) is 5.69 Å². The number of aliphatic hydroxyl groups excluding tert-OH is 1. The summed E-state index contributed by atoms with van der Waals surface area (Å²) in [6.45, 7) is 2.16. The van der Waals surface area contributed by atoms with E-state index in [0.29, 0.717) is 11.4 Å². The molecule has 0 bridgehead atoms. The van der Waals surface area contributed by atoms with Crippen molar-refractivity contribution >= 4 is 17.4 Å². The lowest BCUT2D eigenvalue weighted by Crippen LogP contribution is -2.38. The molecule has 3 aromatic rings. The molecule has 0 aliphatic carbocycles. The van der Waals surface area contributed by atoms with E-state index < -0.39 is 6.29 Å². The minimum absolute atomic E-state index is 0.0206. The molecule has 1 fully saturated rings. The highest BCUT2D eigenvalue weighted by atomic mass is 32.2. The van der Waals surface area contributed by atoms with E-state index in [2.05, 4.69) is 16.9 Å². The van der Waals surface area contributed by atoms with Gasteiger partial charge in [-0.2, -0.15) is 0 Å². The first kappa shape index (κ1) is 20.8. The van der Waals surface area contributed by atoms with Crippen LogP contribution in [0.25, 0.3) is 0 Å². The van der Waals surface area contributed by atoms with Crippen LogP contribution in [0.15, 0.2) is 72.1 Å². The third-order valence-corrected chi connectivity index (χ3v) is 6.19. The fourth-order valence-corrected chi connectivity index (χ4v) is 4.50. The summed E-state index contributed by atoms with van der Waals surface area (Å²) >= 11 is 1.57. The van der Waals surface area contributed by atoms with E-state index in [-0.39, 0.29) is 24.7 Å². The molecule has 2 heterocycles. The smallest absolute Gasteiger partial charge is 0.187 e. The van der Waals surface area contributed by atoms with Crippen LogP contribution in [0, 0.1) is 5.92 Å². The number of benzene rings is 2. The number of nitrogen functional groups attached to an aromatic ring is 1. The molecule has 6 nitrogen and oxygen atoms in total. The monoisotopic (exact) mass is 423 g/mol. The lowest BCUT2D eigenvalue weighted by atomic mass is 9.91. The first-order chi connectivity index (χ1) is 14.6. The van der Waals surface area contributed by atoms with E-state index in [1.54, 1.807) is 30.2 Å². The number of aliphatic hydroxyl groups is 1. The van der Waals surface area contributed by atoms with Gasteiger partial charge in [-0.25, -0.2) is 9.97 Å². The van der Waals surface area contributed by atoms with Crippen molar-refractivity contribution in [1.82, 2.24) is 9.97 Å². The Balaban J connectivity index is 1.59. The van der Waals surface area contributed by atoms with E-state index in [1.807, 2.05) is 48.5 Å². The SMILES string of the molecule is CC1C(CSc2ncccn2)OC(c2cccc(N)c2)OC1c1ccc(CO)cc1. The van der Waals surface area contributed by atoms with Gasteiger partial charge in [0.05, 0.1) is 18.8 Å². The van der Waals surface area contributed by atoms with Gasteiger partial charge in [0.15, 0.2) is 11.4 Å². The molecule has 1 saturated heterocycles. The van der Waals surface area contributed by atoms with Gasteiger partial charge in [-0.05, 0) is 29.3 Å². The number of hydrogen-bond acceptors (Lipinski definition) is 7. The summed E-state index contributed by atoms with van der Waals surface area (Å²) in [7, 11) is 0. The molecule has 0 spiro atoms. The van der Waals surface area contributed by atoms with E-state index in [1.165, 1.54) is 0 Å². The molecule has 1 aliphatic heterocycles. The average Bonchev–Trinajstić information content (AvgIpc) is 2.79. The minimum Gasteiger partial charge on any atom is -0.399 e. The van der Waals surface area contributed by atoms with Crippen molar-refractivity contribution in [2.75, 3.05) is 11.5 Å². The summed E-state index contributed by atoms with van der Waals surface area (Å²) < 4.78 is 12.8. The highest BCUT2D eigenvalue weighted by Gasteiger charge is 2.38. The molecule has 0 saturated carbocycles. The Morgan fingerprint density at radius 1 is 1.00 bits per heavy atom. The molecule has 4 rings (SSSR count). The zero-order chi connectivity index (χ0) is 20.9. The molecule has 2 aromatic carbocycles. The normalized spacial score (nSPS) is 23.9. The molecule has 30 heavy (non-hydrogen) atoms. The second kappa shape index (κ2) is 9.57. The van der Waals surface area contributed by atoms with E-state index in [0.717, 1.165) is 21.8 Å². The van der Waals surface area contributed by atoms with Gasteiger partial charge in [0.25, 0.3) is 0 Å². The molecule has 3 N–H and O–H groups in total. The van der Waals surface area contributed by atoms with Gasteiger partial charge < -0.3 is 20.3 Å². The van der Waals surface area contributed by atoms with Crippen LogP contribution in [0.1, 0.15) is 36.0 Å². The number of nitrogens with zero attached hydrogens (tertiary/aromatic N) is 2. The average molecular weight is 424 g/mol. The lowest BCUT2D eigenvalue weighted by Gasteiger charge is -2.41. The summed E-state index contributed by atoms with van der Waals surface area (Å²) in [5.74, 6) is 0.817. The van der Waals surface area contributed by atoms with Gasteiger partial charge in [0.2, 0.25) is 0 Å². The maximum atomic E-state index is 9.35. The third-order valence-electron chi connectivity index (χ3n) is 5.23. The molecule has 7 heteroatoms. The molecular formula is C23H25N3O3S. The molecule has 1 aromatic heterocycles. The Kier molecular flexibility index (Phi) is 6.64. The molecule has 0 radical (unpaired) electrons. The van der Waals surface area contributed by atoms with Crippen molar-refractivity contribution < 1.29 is 14.6 Å². The number of anilines is 1. The summed E-state index contributed by atoms with van der Waals surface area (Å²) in [4.78, 5) is 8.60. The number of ether oxygens (including phenoxy) is 2. The Hall–Kier alpha value is -2.45. The minimum atomic E-state index is -0.519. The highest BCUT2D eigenvalue weighted by Crippen LogP contribution is 2.42. The van der Waals surface area contributed by atoms with Crippen LogP contribution < -0.4 is 5.73 Å². The standard InChI is InChI=1S/C23H25N3O3S/c1-15-20(14-30-23-25-10-3-11-26-23)28-22(18-4-2-5-19(24)12-18)29-21(15)17-8-6-16(13-27)7-9-17/h2-12,15,20-22,27H,13-14,24H2,1H3. The maximum Gasteiger partial charge on any atom is 0.187 e. The topological polar surface area (TPSA) is 90.5 Å². The largest absolute Gasteiger partial charge is 0.399 e. The van der Waals surface area contributed by atoms with Crippen LogP contribution in [-0.4, -0.2) is 26.9 Å². The molecule has 1 aliphatic rings. The maximum absolute atomic E-state index is 9.35. The fraction of sp³-hybridized carbons (Fsp3) is 0.304. The second-order valence-electron chi connectivity index (χ2n) is 7.33. The van der Waals surface area contributed by atoms with Crippen LogP contribution >= 0.6 is 11.8 Å². The summed E-state index contributed by atoms with van der Waals surface area (Å²) in [6.07, 6.45) is 2.74. The van der Waals surface area contributed by atoms with Crippen LogP contribution in [0.5, 0.6) is 0 Å². The van der Waals surface area contributed by atoms with E-state index in [9.17, 15) is 5.11 Å². The molecule has 4 unspecified atom stereocenters. The van der Waals surface area contributed by atoms with Crippen molar-refractivity contribution in [3.8, 4) is 0 Å². The molecule has 4 atom stereocenters. The van der Waals surface area contributed by atoms with Crippen molar-refractivity contribution in [2.45, 2.75) is 37.2 Å². The van der Waals surface area contributed by atoms with E-state index in [4.69, 9.17) is 15.2 Å². The summed E-state index contributed by atoms with van der Waals surface area (Å²) in [6, 6.07) is 17.3. The first-order valence-corrected chi connectivity index (χ1v) is 10.9. The Labute approximate surface area is 180 Å². The molecular weight excluding hydrogens is 398 g/mol. The number of hydrogen-bond donors (Lipinski definition) is 2. The predicted molar refractivity (Wildman–Crippen MR) is 117 cm³/mol. The third kappa shape index (κ3) is 4.82. The Morgan fingerprint density at radius 2 is 1.77 bits per heavy atom. The second-order valence-corrected chi connectivity index (χ2v) is 8.32. The first-order valence-electron chi connectivity index (χ1n) is 9.90. The van der Waals surface area contributed by atoms with Crippen LogP contribution in [0.2, 0.25) is 0 Å². The predicted octanol–water partition coefficient (Wildman–Crippen LogP) is 4.13. The number of rotatable bonds is 6. The Morgan fingerprint density at radius 3 is 2.47 bits per heavy atom. The highest BCUT2D eigenvalue weighted by molar-refractivity contribution is 7.99. The van der Waals surface area contributed by atoms with Gasteiger partial charge in [0.1, 0.15) is 0 Å². The number of thioether (sulfide) groups is 1. The van der Waals surface area contributed by atoms with Crippen LogP contribution in [-0.2, 0) is 16.1 Å². The number of aromatic nitrogens is 2. The van der Waals surface area contributed by atoms with Crippen molar-refractivity contribution in [3.05, 3.63) is 83.7 Å². The quantitative estimate of drug-likeness (QED) is 0.350. The number of nitrogens with two attached hydrogens (primary N) is 1. The van der Waals surface area contributed by atoms with Gasteiger partial charge in [0, 0.05) is 35.3 Å². The van der Waals surface area contributed by atoms with Gasteiger partial charge in [-0.1, -0.05) is 55.1 Å². The van der Waals surface area contributed by atoms with Crippen molar-refractivity contribution in [2.24, 2.45) is 5.92 Å². The molecule has 156 valence electrons. The van der Waals surface area contributed by atoms with Gasteiger partial charge >= 0.3 is 0 Å². The fourth-order valence-electron chi connectivity index (χ4n) is 3.53. The zero-order valence-electron chi connectivity index (χ0n) is 16.7. The van der Waals surface area contributed by atoms with Gasteiger partial charge in [-0.3, -0.25) is 0 Å². The van der Waals surface area contributed by atoms with Crippen molar-refractivity contribution in [1.29, 1.82) is 0 Å². The van der Waals surface area contributed by atoms with Crippen LogP contribution in [0.3, 0.4) is 0 Å². The van der Waals surface area contributed by atoms with Crippen molar-refractivity contribution in [3.63, 3.8) is 0 Å². The zero-order valence-corrected chi connectivity index (χ0v) is 17.5.